The van der Waals surface area contributed by atoms with Gasteiger partial charge in [-0.3, -0.25) is 9.69 Å². The number of amides is 1. The molecule has 1 aliphatic rings. The fourth-order valence-electron chi connectivity index (χ4n) is 3.61. The van der Waals surface area contributed by atoms with Crippen molar-refractivity contribution in [3.05, 3.63) is 78.8 Å². The number of anilines is 5. The molecule has 1 aliphatic heterocycles. The van der Waals surface area contributed by atoms with E-state index in [-0.39, 0.29) is 17.7 Å². The number of carbonyl (C=O) groups excluding carboxylic acids is 1. The zero-order valence-electron chi connectivity index (χ0n) is 19.1. The van der Waals surface area contributed by atoms with Gasteiger partial charge in [0.05, 0.1) is 6.20 Å². The number of halogens is 1. The zero-order chi connectivity index (χ0) is 23.9. The Bertz CT molecular complexity index is 1140. The van der Waals surface area contributed by atoms with Gasteiger partial charge in [0, 0.05) is 49.8 Å². The van der Waals surface area contributed by atoms with Gasteiger partial charge in [-0.2, -0.15) is 4.98 Å². The lowest BCUT2D eigenvalue weighted by molar-refractivity contribution is -0.111. The van der Waals surface area contributed by atoms with E-state index in [1.807, 2.05) is 12.1 Å². The standard InChI is InChI=1S/C25H28FN7O/c1-3-23(34)28-20-5-4-6-21(15-20)29-24-22(26)16-27-25(31-24)30-19-9-7-18(8-10-19)17-33-13-11-32(2)12-14-33/h3-10,15-16H,1,11-14,17H2,2H3,(H,28,34)(H2,27,29,30,31). The first-order chi connectivity index (χ1) is 16.5. The maximum Gasteiger partial charge on any atom is 0.247 e. The molecule has 0 unspecified atom stereocenters. The van der Waals surface area contributed by atoms with Gasteiger partial charge < -0.3 is 20.9 Å². The second kappa shape index (κ2) is 10.9. The summed E-state index contributed by atoms with van der Waals surface area (Å²) in [5, 5.41) is 8.72. The molecule has 2 heterocycles. The smallest absolute Gasteiger partial charge is 0.247 e. The molecule has 0 saturated carbocycles. The van der Waals surface area contributed by atoms with Gasteiger partial charge in [0.1, 0.15) is 0 Å². The highest BCUT2D eigenvalue weighted by Crippen LogP contribution is 2.23. The Morgan fingerprint density at radius 2 is 1.79 bits per heavy atom. The van der Waals surface area contributed by atoms with Gasteiger partial charge in [0.15, 0.2) is 11.6 Å². The van der Waals surface area contributed by atoms with Crippen LogP contribution in [-0.2, 0) is 11.3 Å². The fourth-order valence-corrected chi connectivity index (χ4v) is 3.61. The monoisotopic (exact) mass is 461 g/mol. The van der Waals surface area contributed by atoms with Crippen LogP contribution in [0.25, 0.3) is 0 Å². The van der Waals surface area contributed by atoms with Crippen LogP contribution in [-0.4, -0.2) is 58.9 Å². The maximum absolute atomic E-state index is 14.4. The van der Waals surface area contributed by atoms with Gasteiger partial charge in [0.2, 0.25) is 11.9 Å². The predicted octanol–water partition coefficient (Wildman–Crippen LogP) is 3.97. The molecule has 0 bridgehead atoms. The molecule has 0 spiro atoms. The summed E-state index contributed by atoms with van der Waals surface area (Å²) in [6, 6.07) is 15.0. The summed E-state index contributed by atoms with van der Waals surface area (Å²) in [6.45, 7) is 8.66. The molecule has 3 aromatic rings. The summed E-state index contributed by atoms with van der Waals surface area (Å²) >= 11 is 0. The third-order valence-electron chi connectivity index (χ3n) is 5.53. The number of hydrogen-bond acceptors (Lipinski definition) is 7. The highest BCUT2D eigenvalue weighted by molar-refractivity contribution is 5.99. The fraction of sp³-hybridized carbons (Fsp3) is 0.240. The number of likely N-dealkylation sites (N-methyl/N-ethyl adjacent to an activating group) is 1. The van der Waals surface area contributed by atoms with Gasteiger partial charge in [-0.05, 0) is 49.0 Å². The summed E-state index contributed by atoms with van der Waals surface area (Å²) in [6.07, 6.45) is 2.30. The average Bonchev–Trinajstić information content (AvgIpc) is 2.84. The van der Waals surface area contributed by atoms with Crippen molar-refractivity contribution < 1.29 is 9.18 Å². The topological polar surface area (TPSA) is 85.4 Å². The van der Waals surface area contributed by atoms with Gasteiger partial charge in [0.25, 0.3) is 0 Å². The lowest BCUT2D eigenvalue weighted by Gasteiger charge is -2.32. The number of hydrogen-bond donors (Lipinski definition) is 3. The average molecular weight is 462 g/mol. The van der Waals surface area contributed by atoms with E-state index in [0.717, 1.165) is 44.6 Å². The molecular weight excluding hydrogens is 433 g/mol. The van der Waals surface area contributed by atoms with Crippen molar-refractivity contribution in [1.82, 2.24) is 19.8 Å². The summed E-state index contributed by atoms with van der Waals surface area (Å²) in [7, 11) is 2.15. The molecule has 176 valence electrons. The van der Waals surface area contributed by atoms with Crippen LogP contribution in [0, 0.1) is 5.82 Å². The molecule has 1 saturated heterocycles. The number of aromatic nitrogens is 2. The molecule has 1 fully saturated rings. The molecule has 1 aromatic heterocycles. The number of benzene rings is 2. The van der Waals surface area contributed by atoms with Gasteiger partial charge in [-0.1, -0.05) is 24.8 Å². The molecule has 8 nitrogen and oxygen atoms in total. The van der Waals surface area contributed by atoms with E-state index >= 15 is 0 Å². The van der Waals surface area contributed by atoms with Crippen LogP contribution in [0.4, 0.5) is 33.2 Å². The molecular formula is C25H28FN7O. The van der Waals surface area contributed by atoms with E-state index in [9.17, 15) is 9.18 Å². The van der Waals surface area contributed by atoms with Gasteiger partial charge in [-0.15, -0.1) is 0 Å². The molecule has 9 heteroatoms. The summed E-state index contributed by atoms with van der Waals surface area (Å²) in [5.41, 5.74) is 3.17. The zero-order valence-corrected chi connectivity index (χ0v) is 19.1. The minimum Gasteiger partial charge on any atom is -0.338 e. The first-order valence-corrected chi connectivity index (χ1v) is 11.1. The second-order valence-electron chi connectivity index (χ2n) is 8.19. The van der Waals surface area contributed by atoms with Crippen LogP contribution in [0.1, 0.15) is 5.56 Å². The highest BCUT2D eigenvalue weighted by Gasteiger charge is 2.14. The first-order valence-electron chi connectivity index (χ1n) is 11.1. The Hall–Kier alpha value is -3.82. The Kier molecular flexibility index (Phi) is 7.46. The summed E-state index contributed by atoms with van der Waals surface area (Å²) < 4.78 is 14.4. The van der Waals surface area contributed by atoms with E-state index in [2.05, 4.69) is 61.5 Å². The molecule has 1 amide bonds. The van der Waals surface area contributed by atoms with Crippen molar-refractivity contribution in [2.45, 2.75) is 6.54 Å². The van der Waals surface area contributed by atoms with Crippen LogP contribution in [0.5, 0.6) is 0 Å². The predicted molar refractivity (Wildman–Crippen MR) is 133 cm³/mol. The lowest BCUT2D eigenvalue weighted by atomic mass is 10.2. The number of nitrogens with zero attached hydrogens (tertiary/aromatic N) is 4. The Morgan fingerprint density at radius 1 is 1.06 bits per heavy atom. The van der Waals surface area contributed by atoms with Crippen molar-refractivity contribution in [3.63, 3.8) is 0 Å². The summed E-state index contributed by atoms with van der Waals surface area (Å²) in [5.74, 6) is -0.622. The van der Waals surface area contributed by atoms with Crippen molar-refractivity contribution in [3.8, 4) is 0 Å². The Labute approximate surface area is 198 Å². The van der Waals surface area contributed by atoms with Crippen molar-refractivity contribution in [1.29, 1.82) is 0 Å². The normalized spacial score (nSPS) is 14.4. The van der Waals surface area contributed by atoms with Crippen molar-refractivity contribution >= 4 is 34.7 Å². The minimum absolute atomic E-state index is 0.0244. The molecule has 2 aromatic carbocycles. The molecule has 0 atom stereocenters. The molecule has 0 radical (unpaired) electrons. The van der Waals surface area contributed by atoms with Crippen LogP contribution in [0.3, 0.4) is 0 Å². The third kappa shape index (κ3) is 6.37. The van der Waals surface area contributed by atoms with Crippen LogP contribution >= 0.6 is 0 Å². The molecule has 4 rings (SSSR count). The number of carbonyl (C=O) groups is 1. The van der Waals surface area contributed by atoms with Crippen LogP contribution in [0.2, 0.25) is 0 Å². The molecule has 0 aliphatic carbocycles. The minimum atomic E-state index is -0.589. The molecule has 34 heavy (non-hydrogen) atoms. The second-order valence-corrected chi connectivity index (χ2v) is 8.19. The van der Waals surface area contributed by atoms with Gasteiger partial charge >= 0.3 is 0 Å². The first kappa shape index (κ1) is 23.3. The summed E-state index contributed by atoms with van der Waals surface area (Å²) in [4.78, 5) is 24.6. The Morgan fingerprint density at radius 3 is 2.53 bits per heavy atom. The largest absolute Gasteiger partial charge is 0.338 e. The van der Waals surface area contributed by atoms with Crippen LogP contribution in [0.15, 0.2) is 67.4 Å². The van der Waals surface area contributed by atoms with E-state index < -0.39 is 5.82 Å². The van der Waals surface area contributed by atoms with Crippen molar-refractivity contribution in [2.75, 3.05) is 49.2 Å². The maximum atomic E-state index is 14.4. The van der Waals surface area contributed by atoms with Gasteiger partial charge in [-0.25, -0.2) is 9.37 Å². The SMILES string of the molecule is C=CC(=O)Nc1cccc(Nc2nc(Nc3ccc(CN4CCN(C)CC4)cc3)ncc2F)c1. The van der Waals surface area contributed by atoms with E-state index in [1.54, 1.807) is 24.3 Å². The third-order valence-corrected chi connectivity index (χ3v) is 5.53. The number of piperazine rings is 1. The lowest BCUT2D eigenvalue weighted by Crippen LogP contribution is -2.43. The van der Waals surface area contributed by atoms with E-state index in [0.29, 0.717) is 11.4 Å². The quantitative estimate of drug-likeness (QED) is 0.438. The van der Waals surface area contributed by atoms with E-state index in [4.69, 9.17) is 0 Å². The Balaban J connectivity index is 1.40. The number of nitrogens with one attached hydrogen (secondary N) is 3. The highest BCUT2D eigenvalue weighted by atomic mass is 19.1. The van der Waals surface area contributed by atoms with E-state index in [1.165, 1.54) is 11.6 Å². The number of rotatable bonds is 8. The van der Waals surface area contributed by atoms with Crippen LogP contribution < -0.4 is 16.0 Å². The van der Waals surface area contributed by atoms with Crippen molar-refractivity contribution in [2.24, 2.45) is 0 Å². The molecule has 3 N–H and O–H groups in total.